The Morgan fingerprint density at radius 2 is 1.64 bits per heavy atom. The van der Waals surface area contributed by atoms with Gasteiger partial charge in [0.25, 0.3) is 0 Å². The summed E-state index contributed by atoms with van der Waals surface area (Å²) in [5.74, 6) is -3.24. The normalized spacial score (nSPS) is 34.8. The van der Waals surface area contributed by atoms with E-state index in [0.29, 0.717) is 12.0 Å². The average molecular weight is 821 g/mol. The van der Waals surface area contributed by atoms with E-state index in [4.69, 9.17) is 23.7 Å². The van der Waals surface area contributed by atoms with Crippen LogP contribution >= 0.6 is 0 Å². The van der Waals surface area contributed by atoms with Crippen molar-refractivity contribution in [1.29, 1.82) is 0 Å². The summed E-state index contributed by atoms with van der Waals surface area (Å²) >= 11 is 0. The lowest BCUT2D eigenvalue weighted by Crippen LogP contribution is -2.52. The molecule has 2 fully saturated rings. The van der Waals surface area contributed by atoms with Crippen LogP contribution in [0.25, 0.3) is 0 Å². The highest BCUT2D eigenvalue weighted by Gasteiger charge is 2.65. The number of carbonyl (C=O) groups excluding carboxylic acids is 2. The van der Waals surface area contributed by atoms with Gasteiger partial charge in [0.1, 0.15) is 18.3 Å². The highest BCUT2D eigenvalue weighted by Crippen LogP contribution is 2.42. The monoisotopic (exact) mass is 820 g/mol. The maximum Gasteiger partial charge on any atom is 0.426 e. The van der Waals surface area contributed by atoms with Crippen LogP contribution in [0.4, 0.5) is 13.2 Å². The molecular formula is C44H63F3N2O9. The van der Waals surface area contributed by atoms with Crippen LogP contribution in [0.5, 0.6) is 0 Å². The second kappa shape index (κ2) is 19.7. The number of esters is 2. The van der Waals surface area contributed by atoms with E-state index in [1.165, 1.54) is 38.5 Å². The third-order valence-electron chi connectivity index (χ3n) is 11.9. The summed E-state index contributed by atoms with van der Waals surface area (Å²) in [7, 11) is 2.86. The van der Waals surface area contributed by atoms with Gasteiger partial charge in [-0.15, -0.1) is 0 Å². The summed E-state index contributed by atoms with van der Waals surface area (Å²) in [4.78, 5) is 27.2. The molecule has 0 radical (unpaired) electrons. The third kappa shape index (κ3) is 11.0. The zero-order chi connectivity index (χ0) is 43.3. The van der Waals surface area contributed by atoms with Crippen LogP contribution in [0.15, 0.2) is 71.6 Å². The zero-order valence-electron chi connectivity index (χ0n) is 35.5. The molecule has 0 bridgehead atoms. The summed E-state index contributed by atoms with van der Waals surface area (Å²) in [6, 6.07) is 5.09. The number of carbonyl (C=O) groups is 2. The highest BCUT2D eigenvalue weighted by atomic mass is 19.4. The number of ether oxygens (including phenoxy) is 5. The molecule has 0 saturated carbocycles. The highest BCUT2D eigenvalue weighted by molar-refractivity contribution is 5.89. The molecular weight excluding hydrogens is 757 g/mol. The summed E-state index contributed by atoms with van der Waals surface area (Å²) in [6.07, 6.45) is 0.172. The van der Waals surface area contributed by atoms with Gasteiger partial charge in [0.2, 0.25) is 11.4 Å². The molecule has 0 unspecified atom stereocenters. The van der Waals surface area contributed by atoms with Crippen molar-refractivity contribution in [2.45, 2.75) is 130 Å². The average Bonchev–Trinajstić information content (AvgIpc) is 4.00. The van der Waals surface area contributed by atoms with Crippen LogP contribution < -0.4 is 10.9 Å². The molecule has 0 aliphatic carbocycles. The first kappa shape index (κ1) is 47.2. The summed E-state index contributed by atoms with van der Waals surface area (Å²) in [6.45, 7) is 17.2. The number of rotatable bonds is 10. The first-order valence-electron chi connectivity index (χ1n) is 20.1. The van der Waals surface area contributed by atoms with Crippen molar-refractivity contribution in [3.63, 3.8) is 0 Å². The predicted octanol–water partition coefficient (Wildman–Crippen LogP) is 7.06. The van der Waals surface area contributed by atoms with E-state index in [9.17, 15) is 33.0 Å². The van der Waals surface area contributed by atoms with Crippen molar-refractivity contribution in [2.24, 2.45) is 35.5 Å². The van der Waals surface area contributed by atoms with E-state index >= 15 is 0 Å². The van der Waals surface area contributed by atoms with Gasteiger partial charge < -0.3 is 33.9 Å². The van der Waals surface area contributed by atoms with Crippen LogP contribution in [0, 0.1) is 35.5 Å². The molecule has 3 heterocycles. The van der Waals surface area contributed by atoms with Crippen molar-refractivity contribution in [2.75, 3.05) is 14.2 Å². The minimum absolute atomic E-state index is 0.0108. The number of aliphatic hydroxyl groups is 2. The van der Waals surface area contributed by atoms with Gasteiger partial charge in [-0.05, 0) is 55.9 Å². The van der Waals surface area contributed by atoms with Gasteiger partial charge in [-0.25, -0.2) is 20.4 Å². The molecule has 0 aromatic heterocycles. The minimum atomic E-state index is -4.58. The lowest BCUT2D eigenvalue weighted by atomic mass is 9.78. The number of nitrogens with one attached hydrogen (secondary N) is 2. The number of halogens is 3. The second-order valence-electron chi connectivity index (χ2n) is 16.8. The van der Waals surface area contributed by atoms with E-state index in [2.05, 4.69) is 10.9 Å². The Labute approximate surface area is 341 Å². The molecule has 12 atom stereocenters. The number of alkyl halides is 3. The number of allylic oxidation sites excluding steroid dienone is 5. The van der Waals surface area contributed by atoms with Crippen molar-refractivity contribution in [1.82, 2.24) is 10.9 Å². The van der Waals surface area contributed by atoms with E-state index < -0.39 is 72.2 Å². The Bertz CT molecular complexity index is 1690. The van der Waals surface area contributed by atoms with E-state index in [1.807, 2.05) is 73.6 Å². The van der Waals surface area contributed by atoms with Crippen LogP contribution in [0.1, 0.15) is 91.1 Å². The smallest absolute Gasteiger partial charge is 0.426 e. The van der Waals surface area contributed by atoms with Crippen LogP contribution in [-0.2, 0) is 34.1 Å². The fraction of sp³-hybridized carbons (Fsp3) is 0.636. The fourth-order valence-corrected chi connectivity index (χ4v) is 8.25. The van der Waals surface area contributed by atoms with Gasteiger partial charge in [-0.1, -0.05) is 96.0 Å². The number of hydrazine groups is 1. The zero-order valence-corrected chi connectivity index (χ0v) is 35.5. The van der Waals surface area contributed by atoms with Crippen LogP contribution in [0.3, 0.4) is 0 Å². The number of cyclic esters (lactones) is 1. The first-order valence-corrected chi connectivity index (χ1v) is 20.1. The molecule has 4 rings (SSSR count). The minimum Gasteiger partial charge on any atom is -0.490 e. The molecule has 14 heteroatoms. The number of hydrogen-bond donors (Lipinski definition) is 4. The van der Waals surface area contributed by atoms with Crippen molar-refractivity contribution < 1.29 is 56.7 Å². The van der Waals surface area contributed by atoms with Gasteiger partial charge >= 0.3 is 18.1 Å². The molecule has 4 N–H and O–H groups in total. The number of aliphatic hydroxyl groups excluding tert-OH is 2. The SMILES string of the molecule is CO/C1=C\C(C)=C\[C@@H](C)[C@@H](O)[C@@H](C)C/C(C)=C/C=C/[C@H](OC)[C@@H]([C@@H](C)[C@@H](O)[C@H](C)[C@H]2C[C@@H](OC(=O)c3ccc(C4(C(F)(F)F)NN4)cc3)[C@H](C)[C@@H](C(C)C)O2)OC1=O. The molecule has 3 aliphatic rings. The maximum atomic E-state index is 13.7. The Morgan fingerprint density at radius 1 is 1.00 bits per heavy atom. The van der Waals surface area contributed by atoms with E-state index in [-0.39, 0.29) is 53.1 Å². The van der Waals surface area contributed by atoms with Gasteiger partial charge in [0.05, 0.1) is 37.1 Å². The Morgan fingerprint density at radius 3 is 2.19 bits per heavy atom. The molecule has 11 nitrogen and oxygen atoms in total. The number of methoxy groups -OCH3 is 2. The molecule has 324 valence electrons. The van der Waals surface area contributed by atoms with Crippen molar-refractivity contribution >= 4 is 11.9 Å². The molecule has 2 saturated heterocycles. The second-order valence-corrected chi connectivity index (χ2v) is 16.8. The number of hydrogen-bond acceptors (Lipinski definition) is 11. The lowest BCUT2D eigenvalue weighted by Gasteiger charge is -2.45. The standard InChI is InChI=1S/C44H63F3N2O9/c1-23(2)39-29(8)35(57-41(52)31-15-17-32(18-16-31)43(48-49-43)44(45,46)47)22-34(56-39)28(7)38(51)30(9)40-33(54-10)14-12-13-24(3)19-26(5)37(50)27(6)20-25(4)21-36(55-11)42(53)58-40/h12-18,20-21,23,26-30,33-35,37-40,48-51H,19,22H2,1-11H3/b14-12+,24-13+,25-20+,36-21-/t26-,27+,28+,29-,30-,33-,34+,35+,37-,38-,39+,40+/m0/s1. The van der Waals surface area contributed by atoms with Gasteiger partial charge in [-0.2, -0.15) is 13.2 Å². The van der Waals surface area contributed by atoms with Gasteiger partial charge in [0, 0.05) is 37.2 Å². The molecule has 0 amide bonds. The fourth-order valence-electron chi connectivity index (χ4n) is 8.25. The topological polar surface area (TPSA) is 165 Å². The number of benzene rings is 1. The lowest BCUT2D eigenvalue weighted by molar-refractivity contribution is -0.185. The maximum absolute atomic E-state index is 13.7. The third-order valence-corrected chi connectivity index (χ3v) is 11.9. The first-order chi connectivity index (χ1) is 27.1. The molecule has 1 aromatic carbocycles. The molecule has 58 heavy (non-hydrogen) atoms. The predicted molar refractivity (Wildman–Crippen MR) is 213 cm³/mol. The van der Waals surface area contributed by atoms with Crippen LogP contribution in [0.2, 0.25) is 0 Å². The summed E-state index contributed by atoms with van der Waals surface area (Å²) < 4.78 is 70.9. The largest absolute Gasteiger partial charge is 0.490 e. The molecule has 3 aliphatic heterocycles. The van der Waals surface area contributed by atoms with Crippen LogP contribution in [-0.4, -0.2) is 85.3 Å². The molecule has 0 spiro atoms. The molecule has 1 aromatic rings. The van der Waals surface area contributed by atoms with Crippen molar-refractivity contribution in [3.05, 3.63) is 82.7 Å². The van der Waals surface area contributed by atoms with E-state index in [0.717, 1.165) is 5.57 Å². The summed E-state index contributed by atoms with van der Waals surface area (Å²) in [5.41, 5.74) is 3.72. The van der Waals surface area contributed by atoms with Gasteiger partial charge in [0.15, 0.2) is 0 Å². The quantitative estimate of drug-likeness (QED) is 0.141. The van der Waals surface area contributed by atoms with E-state index in [1.54, 1.807) is 19.1 Å². The summed E-state index contributed by atoms with van der Waals surface area (Å²) in [5, 5.41) is 23.1. The Kier molecular flexibility index (Phi) is 16.0. The van der Waals surface area contributed by atoms with Crippen molar-refractivity contribution in [3.8, 4) is 0 Å². The Hall–Kier alpha value is -3.53. The van der Waals surface area contributed by atoms with Gasteiger partial charge in [-0.3, -0.25) is 0 Å². The Balaban J connectivity index is 1.59.